The molecule has 1 amide bonds. The molecule has 1 aliphatic heterocycles. The number of hydrogen-bond acceptors (Lipinski definition) is 6. The molecule has 1 fully saturated rings. The van der Waals surface area contributed by atoms with Gasteiger partial charge in [0.2, 0.25) is 5.01 Å². The zero-order valence-electron chi connectivity index (χ0n) is 16.7. The van der Waals surface area contributed by atoms with Gasteiger partial charge in [0, 0.05) is 12.6 Å². The summed E-state index contributed by atoms with van der Waals surface area (Å²) in [4.78, 5) is 14.8. The number of rotatable bonds is 7. The highest BCUT2D eigenvalue weighted by molar-refractivity contribution is 7.13. The van der Waals surface area contributed by atoms with Gasteiger partial charge < -0.3 is 10.1 Å². The van der Waals surface area contributed by atoms with Crippen LogP contribution in [0, 0.1) is 5.82 Å². The molecule has 2 aromatic carbocycles. The molecule has 0 saturated carbocycles. The first-order valence-corrected chi connectivity index (χ1v) is 10.7. The van der Waals surface area contributed by atoms with Crippen molar-refractivity contribution >= 4 is 17.2 Å². The quantitative estimate of drug-likeness (QED) is 0.620. The van der Waals surface area contributed by atoms with Gasteiger partial charge in [0.25, 0.3) is 5.91 Å². The van der Waals surface area contributed by atoms with E-state index in [0.29, 0.717) is 24.1 Å². The highest BCUT2D eigenvalue weighted by atomic mass is 32.1. The van der Waals surface area contributed by atoms with E-state index in [9.17, 15) is 9.18 Å². The molecule has 8 heteroatoms. The minimum Gasteiger partial charge on any atom is -0.497 e. The maximum absolute atomic E-state index is 13.0. The lowest BCUT2D eigenvalue weighted by Crippen LogP contribution is -2.23. The second kappa shape index (κ2) is 9.32. The average molecular weight is 427 g/mol. The zero-order valence-corrected chi connectivity index (χ0v) is 17.5. The maximum Gasteiger partial charge on any atom is 0.282 e. The Labute approximate surface area is 178 Å². The fraction of sp³-hybridized carbons (Fsp3) is 0.318. The molecular weight excluding hydrogens is 403 g/mol. The number of nitrogens with zero attached hydrogens (tertiary/aromatic N) is 3. The van der Waals surface area contributed by atoms with Crippen LogP contribution in [0.25, 0.3) is 0 Å². The van der Waals surface area contributed by atoms with Crippen molar-refractivity contribution in [3.8, 4) is 5.75 Å². The first-order chi connectivity index (χ1) is 14.6. The van der Waals surface area contributed by atoms with Gasteiger partial charge in [-0.3, -0.25) is 9.69 Å². The Morgan fingerprint density at radius 2 is 1.97 bits per heavy atom. The third kappa shape index (κ3) is 4.83. The molecule has 30 heavy (non-hydrogen) atoms. The number of amides is 1. The molecule has 3 aromatic rings. The Bertz CT molecular complexity index is 991. The van der Waals surface area contributed by atoms with E-state index in [1.165, 1.54) is 29.0 Å². The highest BCUT2D eigenvalue weighted by Gasteiger charge is 2.27. The van der Waals surface area contributed by atoms with Crippen molar-refractivity contribution in [2.75, 3.05) is 13.7 Å². The second-order valence-electron chi connectivity index (χ2n) is 7.21. The smallest absolute Gasteiger partial charge is 0.282 e. The topological polar surface area (TPSA) is 67.3 Å². The van der Waals surface area contributed by atoms with E-state index in [4.69, 9.17) is 4.74 Å². The minimum atomic E-state index is -0.298. The molecule has 0 radical (unpaired) electrons. The second-order valence-corrected chi connectivity index (χ2v) is 8.27. The Kier molecular flexibility index (Phi) is 6.35. The van der Waals surface area contributed by atoms with E-state index in [-0.39, 0.29) is 11.7 Å². The highest BCUT2D eigenvalue weighted by Crippen LogP contribution is 2.34. The van der Waals surface area contributed by atoms with E-state index < -0.39 is 0 Å². The zero-order chi connectivity index (χ0) is 20.9. The van der Waals surface area contributed by atoms with Gasteiger partial charge in [-0.15, -0.1) is 10.2 Å². The molecular formula is C22H23FN4O2S. The van der Waals surface area contributed by atoms with Crippen LogP contribution in [-0.4, -0.2) is 34.7 Å². The lowest BCUT2D eigenvalue weighted by Gasteiger charge is -2.23. The molecule has 0 unspecified atom stereocenters. The van der Waals surface area contributed by atoms with Gasteiger partial charge in [-0.25, -0.2) is 4.39 Å². The third-order valence-electron chi connectivity index (χ3n) is 5.23. The number of aromatic nitrogens is 2. The van der Waals surface area contributed by atoms with E-state index in [1.807, 2.05) is 12.1 Å². The summed E-state index contributed by atoms with van der Waals surface area (Å²) in [5.41, 5.74) is 2.09. The third-order valence-corrected chi connectivity index (χ3v) is 6.14. The van der Waals surface area contributed by atoms with Gasteiger partial charge in [-0.2, -0.15) is 0 Å². The SMILES string of the molecule is COc1ccc([C@H]2CCCN2Cc2nnc(C(=O)NCc3ccc(F)cc3)s2)cc1. The average Bonchev–Trinajstić information content (AvgIpc) is 3.43. The van der Waals surface area contributed by atoms with E-state index >= 15 is 0 Å². The van der Waals surface area contributed by atoms with Crippen molar-refractivity contribution < 1.29 is 13.9 Å². The van der Waals surface area contributed by atoms with Crippen molar-refractivity contribution in [1.29, 1.82) is 0 Å². The molecule has 2 heterocycles. The van der Waals surface area contributed by atoms with E-state index in [2.05, 4.69) is 32.5 Å². The monoisotopic (exact) mass is 426 g/mol. The van der Waals surface area contributed by atoms with Crippen LogP contribution in [0.15, 0.2) is 48.5 Å². The van der Waals surface area contributed by atoms with Crippen molar-refractivity contribution in [3.63, 3.8) is 0 Å². The molecule has 1 aliphatic rings. The van der Waals surface area contributed by atoms with Gasteiger partial charge in [0.15, 0.2) is 0 Å². The Morgan fingerprint density at radius 1 is 1.20 bits per heavy atom. The fourth-order valence-corrected chi connectivity index (χ4v) is 4.44. The standard InChI is InChI=1S/C22H23FN4O2S/c1-29-18-10-6-16(7-11-18)19-3-2-12-27(19)14-20-25-26-22(30-20)21(28)24-13-15-4-8-17(23)9-5-15/h4-11,19H,2-3,12-14H2,1H3,(H,24,28)/t19-/m1/s1. The molecule has 156 valence electrons. The van der Waals surface area contributed by atoms with Crippen molar-refractivity contribution in [2.24, 2.45) is 0 Å². The molecule has 0 aliphatic carbocycles. The van der Waals surface area contributed by atoms with Crippen LogP contribution in [0.2, 0.25) is 0 Å². The number of halogens is 1. The first-order valence-electron chi connectivity index (χ1n) is 9.85. The molecule has 6 nitrogen and oxygen atoms in total. The van der Waals surface area contributed by atoms with Crippen molar-refractivity contribution in [2.45, 2.75) is 32.0 Å². The molecule has 0 spiro atoms. The maximum atomic E-state index is 13.0. The summed E-state index contributed by atoms with van der Waals surface area (Å²) in [7, 11) is 1.67. The summed E-state index contributed by atoms with van der Waals surface area (Å²) in [6, 6.07) is 14.6. The first kappa shape index (κ1) is 20.4. The summed E-state index contributed by atoms with van der Waals surface area (Å²) in [6.07, 6.45) is 2.22. The summed E-state index contributed by atoms with van der Waals surface area (Å²) < 4.78 is 18.2. The summed E-state index contributed by atoms with van der Waals surface area (Å²) in [5.74, 6) is 0.286. The van der Waals surface area contributed by atoms with Gasteiger partial charge >= 0.3 is 0 Å². The summed E-state index contributed by atoms with van der Waals surface area (Å²) in [5, 5.41) is 12.2. The lowest BCUT2D eigenvalue weighted by molar-refractivity contribution is 0.0950. The normalized spacial score (nSPS) is 16.5. The van der Waals surface area contributed by atoms with Crippen LogP contribution < -0.4 is 10.1 Å². The van der Waals surface area contributed by atoms with Crippen LogP contribution in [0.1, 0.15) is 44.8 Å². The Morgan fingerprint density at radius 3 is 2.70 bits per heavy atom. The predicted octanol–water partition coefficient (Wildman–Crippen LogP) is 3.95. The van der Waals surface area contributed by atoms with Crippen LogP contribution in [0.5, 0.6) is 5.75 Å². The number of nitrogens with one attached hydrogen (secondary N) is 1. The van der Waals surface area contributed by atoms with Gasteiger partial charge in [0.1, 0.15) is 16.6 Å². The van der Waals surface area contributed by atoms with Crippen LogP contribution in [0.4, 0.5) is 4.39 Å². The predicted molar refractivity (Wildman–Crippen MR) is 113 cm³/mol. The van der Waals surface area contributed by atoms with Crippen LogP contribution in [0.3, 0.4) is 0 Å². The number of likely N-dealkylation sites (tertiary alicyclic amines) is 1. The number of benzene rings is 2. The number of carbonyl (C=O) groups is 1. The molecule has 1 saturated heterocycles. The molecule has 1 atom stereocenters. The number of methoxy groups -OCH3 is 1. The van der Waals surface area contributed by atoms with Gasteiger partial charge in [0.05, 0.1) is 13.7 Å². The number of carbonyl (C=O) groups excluding carboxylic acids is 1. The number of ether oxygens (including phenoxy) is 1. The van der Waals surface area contributed by atoms with Crippen molar-refractivity contribution in [3.05, 3.63) is 75.5 Å². The lowest BCUT2D eigenvalue weighted by atomic mass is 10.0. The van der Waals surface area contributed by atoms with Crippen LogP contribution in [-0.2, 0) is 13.1 Å². The van der Waals surface area contributed by atoms with Gasteiger partial charge in [-0.05, 0) is 54.8 Å². The minimum absolute atomic E-state index is 0.267. The van der Waals surface area contributed by atoms with Crippen molar-refractivity contribution in [1.82, 2.24) is 20.4 Å². The van der Waals surface area contributed by atoms with E-state index in [0.717, 1.165) is 35.7 Å². The Hall–Kier alpha value is -2.84. The van der Waals surface area contributed by atoms with E-state index in [1.54, 1.807) is 19.2 Å². The molecule has 4 rings (SSSR count). The van der Waals surface area contributed by atoms with Gasteiger partial charge in [-0.1, -0.05) is 35.6 Å². The summed E-state index contributed by atoms with van der Waals surface area (Å²) in [6.45, 7) is 1.97. The largest absolute Gasteiger partial charge is 0.497 e. The van der Waals surface area contributed by atoms with Crippen LogP contribution >= 0.6 is 11.3 Å². The molecule has 0 bridgehead atoms. The molecule has 1 N–H and O–H groups in total. The fourth-order valence-electron chi connectivity index (χ4n) is 3.66. The number of hydrogen-bond donors (Lipinski definition) is 1. The summed E-state index contributed by atoms with van der Waals surface area (Å²) >= 11 is 1.31. The molecule has 1 aromatic heterocycles. The Balaban J connectivity index is 1.36.